The van der Waals surface area contributed by atoms with Crippen molar-refractivity contribution in [2.24, 2.45) is 0 Å². The summed E-state index contributed by atoms with van der Waals surface area (Å²) in [7, 11) is 0. The normalized spacial score (nSPS) is 12.3. The Bertz CT molecular complexity index is 308. The largest absolute Gasteiger partial charge is 0.103 e. The third kappa shape index (κ3) is 3.36. The maximum Gasteiger partial charge on any atom is 0.103 e. The van der Waals surface area contributed by atoms with Gasteiger partial charge in [0.05, 0.1) is 0 Å². The molecule has 1 atom stereocenters. The first-order valence-electron chi connectivity index (χ1n) is 4.73. The fourth-order valence-corrected chi connectivity index (χ4v) is 1.72. The minimum absolute atomic E-state index is 0.320. The Morgan fingerprint density at radius 2 is 1.86 bits per heavy atom. The van der Waals surface area contributed by atoms with Crippen LogP contribution in [0.3, 0.4) is 0 Å². The van der Waals surface area contributed by atoms with Gasteiger partial charge in [0.1, 0.15) is 4.49 Å². The van der Waals surface area contributed by atoms with Crippen LogP contribution in [0.15, 0.2) is 34.8 Å². The quantitative estimate of drug-likeness (QED) is 0.697. The van der Waals surface area contributed by atoms with E-state index in [1.807, 2.05) is 6.08 Å². The Labute approximate surface area is 95.5 Å². The molecule has 0 aliphatic carbocycles. The van der Waals surface area contributed by atoms with Crippen molar-refractivity contribution in [1.29, 1.82) is 0 Å². The SMILES string of the molecule is CCC(C=C(Cl)Cl)c1ccc(C)cc1. The molecule has 0 aromatic heterocycles. The Hall–Kier alpha value is -0.460. The van der Waals surface area contributed by atoms with Crippen molar-refractivity contribution in [3.8, 4) is 0 Å². The third-order valence-corrected chi connectivity index (χ3v) is 2.52. The molecule has 76 valence electrons. The summed E-state index contributed by atoms with van der Waals surface area (Å²) in [6.07, 6.45) is 2.89. The topological polar surface area (TPSA) is 0 Å². The summed E-state index contributed by atoms with van der Waals surface area (Å²) in [6.45, 7) is 4.20. The minimum Gasteiger partial charge on any atom is -0.0712 e. The molecule has 0 saturated heterocycles. The summed E-state index contributed by atoms with van der Waals surface area (Å²) in [5, 5.41) is 0. The number of halogens is 2. The van der Waals surface area contributed by atoms with Crippen LogP contribution in [0.5, 0.6) is 0 Å². The van der Waals surface area contributed by atoms with Crippen molar-refractivity contribution in [3.05, 3.63) is 46.0 Å². The zero-order valence-corrected chi connectivity index (χ0v) is 9.94. The summed E-state index contributed by atoms with van der Waals surface area (Å²) >= 11 is 11.3. The van der Waals surface area contributed by atoms with Gasteiger partial charge < -0.3 is 0 Å². The number of rotatable bonds is 3. The van der Waals surface area contributed by atoms with Crippen LogP contribution in [-0.4, -0.2) is 0 Å². The zero-order chi connectivity index (χ0) is 10.6. The van der Waals surface area contributed by atoms with E-state index in [1.165, 1.54) is 11.1 Å². The molecule has 1 aromatic rings. The van der Waals surface area contributed by atoms with E-state index in [0.717, 1.165) is 6.42 Å². The van der Waals surface area contributed by atoms with Gasteiger partial charge in [-0.3, -0.25) is 0 Å². The first kappa shape index (κ1) is 11.6. The van der Waals surface area contributed by atoms with Crippen molar-refractivity contribution in [3.63, 3.8) is 0 Å². The van der Waals surface area contributed by atoms with Gasteiger partial charge in [0, 0.05) is 5.92 Å². The maximum atomic E-state index is 5.66. The molecule has 2 heteroatoms. The van der Waals surface area contributed by atoms with E-state index in [0.29, 0.717) is 10.4 Å². The van der Waals surface area contributed by atoms with Crippen molar-refractivity contribution in [2.75, 3.05) is 0 Å². The standard InChI is InChI=1S/C12H14Cl2/c1-3-10(8-12(13)14)11-6-4-9(2)5-7-11/h4-8,10H,3H2,1-2H3. The predicted molar refractivity (Wildman–Crippen MR) is 64.0 cm³/mol. The second-order valence-corrected chi connectivity index (χ2v) is 4.39. The highest BCUT2D eigenvalue weighted by Gasteiger charge is 2.06. The number of aryl methyl sites for hydroxylation is 1. The molecule has 1 rings (SSSR count). The molecule has 0 saturated carbocycles. The van der Waals surface area contributed by atoms with Crippen LogP contribution in [0, 0.1) is 6.92 Å². The summed E-state index contributed by atoms with van der Waals surface area (Å²) in [4.78, 5) is 0. The number of hydrogen-bond acceptors (Lipinski definition) is 0. The molecule has 0 nitrogen and oxygen atoms in total. The van der Waals surface area contributed by atoms with Crippen LogP contribution in [-0.2, 0) is 0 Å². The molecule has 0 N–H and O–H groups in total. The van der Waals surface area contributed by atoms with E-state index in [4.69, 9.17) is 23.2 Å². The summed E-state index contributed by atoms with van der Waals surface area (Å²) in [6, 6.07) is 8.45. The van der Waals surface area contributed by atoms with Crippen LogP contribution < -0.4 is 0 Å². The van der Waals surface area contributed by atoms with Crippen molar-refractivity contribution in [1.82, 2.24) is 0 Å². The zero-order valence-electron chi connectivity index (χ0n) is 8.43. The monoisotopic (exact) mass is 228 g/mol. The first-order valence-corrected chi connectivity index (χ1v) is 5.48. The van der Waals surface area contributed by atoms with Gasteiger partial charge in [-0.1, -0.05) is 60.0 Å². The highest BCUT2D eigenvalue weighted by Crippen LogP contribution is 2.24. The molecule has 0 radical (unpaired) electrons. The van der Waals surface area contributed by atoms with Gasteiger partial charge in [-0.2, -0.15) is 0 Å². The van der Waals surface area contributed by atoms with Gasteiger partial charge in [0.25, 0.3) is 0 Å². The number of hydrogen-bond donors (Lipinski definition) is 0. The lowest BCUT2D eigenvalue weighted by molar-refractivity contribution is 0.805. The lowest BCUT2D eigenvalue weighted by atomic mass is 9.96. The van der Waals surface area contributed by atoms with Crippen LogP contribution >= 0.6 is 23.2 Å². The van der Waals surface area contributed by atoms with Gasteiger partial charge in [0.2, 0.25) is 0 Å². The van der Waals surface area contributed by atoms with E-state index in [1.54, 1.807) is 0 Å². The molecule has 1 aromatic carbocycles. The average Bonchev–Trinajstić information content (AvgIpc) is 2.15. The lowest BCUT2D eigenvalue weighted by Gasteiger charge is -2.10. The van der Waals surface area contributed by atoms with Gasteiger partial charge in [-0.05, 0) is 25.0 Å². The molecule has 0 bridgehead atoms. The molecule has 0 aliphatic heterocycles. The highest BCUT2D eigenvalue weighted by molar-refractivity contribution is 6.55. The smallest absolute Gasteiger partial charge is 0.0712 e. The highest BCUT2D eigenvalue weighted by atomic mass is 35.5. The summed E-state index contributed by atoms with van der Waals surface area (Å²) in [5.74, 6) is 0.320. The Morgan fingerprint density at radius 3 is 2.29 bits per heavy atom. The summed E-state index contributed by atoms with van der Waals surface area (Å²) in [5.41, 5.74) is 2.53. The van der Waals surface area contributed by atoms with Gasteiger partial charge >= 0.3 is 0 Å². The van der Waals surface area contributed by atoms with E-state index in [2.05, 4.69) is 38.1 Å². The molecule has 0 heterocycles. The average molecular weight is 229 g/mol. The molecular formula is C12H14Cl2. The minimum atomic E-state index is 0.320. The first-order chi connectivity index (χ1) is 6.63. The Kier molecular flexibility index (Phi) is 4.50. The van der Waals surface area contributed by atoms with Crippen LogP contribution in [0.4, 0.5) is 0 Å². The molecule has 0 spiro atoms. The second-order valence-electron chi connectivity index (χ2n) is 3.38. The van der Waals surface area contributed by atoms with Gasteiger partial charge in [-0.15, -0.1) is 0 Å². The summed E-state index contributed by atoms with van der Waals surface area (Å²) < 4.78 is 0.345. The van der Waals surface area contributed by atoms with Crippen LogP contribution in [0.1, 0.15) is 30.4 Å². The van der Waals surface area contributed by atoms with E-state index in [-0.39, 0.29) is 0 Å². The molecule has 0 fully saturated rings. The number of allylic oxidation sites excluding steroid dienone is 1. The van der Waals surface area contributed by atoms with E-state index >= 15 is 0 Å². The number of benzene rings is 1. The van der Waals surface area contributed by atoms with Gasteiger partial charge in [-0.25, -0.2) is 0 Å². The lowest BCUT2D eigenvalue weighted by Crippen LogP contribution is -1.93. The second kappa shape index (κ2) is 5.43. The molecule has 14 heavy (non-hydrogen) atoms. The van der Waals surface area contributed by atoms with Crippen molar-refractivity contribution in [2.45, 2.75) is 26.2 Å². The van der Waals surface area contributed by atoms with E-state index < -0.39 is 0 Å². The third-order valence-electron chi connectivity index (χ3n) is 2.27. The molecule has 0 amide bonds. The molecular weight excluding hydrogens is 215 g/mol. The van der Waals surface area contributed by atoms with Crippen molar-refractivity contribution < 1.29 is 0 Å². The van der Waals surface area contributed by atoms with Gasteiger partial charge in [0.15, 0.2) is 0 Å². The fourth-order valence-electron chi connectivity index (χ4n) is 1.42. The Balaban J connectivity index is 2.90. The van der Waals surface area contributed by atoms with Crippen LogP contribution in [0.2, 0.25) is 0 Å². The fraction of sp³-hybridized carbons (Fsp3) is 0.333. The van der Waals surface area contributed by atoms with Crippen molar-refractivity contribution >= 4 is 23.2 Å². The van der Waals surface area contributed by atoms with E-state index in [9.17, 15) is 0 Å². The van der Waals surface area contributed by atoms with Crippen LogP contribution in [0.25, 0.3) is 0 Å². The molecule has 0 aliphatic rings. The maximum absolute atomic E-state index is 5.66. The Morgan fingerprint density at radius 1 is 1.29 bits per heavy atom. The molecule has 1 unspecified atom stereocenters. The predicted octanol–water partition coefficient (Wildman–Crippen LogP) is 4.81.